The van der Waals surface area contributed by atoms with Crippen LogP contribution in [0.25, 0.3) is 0 Å². The first kappa shape index (κ1) is 16.6. The lowest BCUT2D eigenvalue weighted by Crippen LogP contribution is -2.27. The first-order chi connectivity index (χ1) is 10.9. The number of halogens is 1. The van der Waals surface area contributed by atoms with Crippen molar-refractivity contribution in [2.24, 2.45) is 12.5 Å². The number of nitrogens with zero attached hydrogens (tertiary/aromatic N) is 4. The molecule has 1 saturated carbocycles. The number of aryl methyl sites for hydroxylation is 1. The van der Waals surface area contributed by atoms with Gasteiger partial charge in [-0.2, -0.15) is 5.10 Å². The van der Waals surface area contributed by atoms with Gasteiger partial charge in [0.15, 0.2) is 0 Å². The summed E-state index contributed by atoms with van der Waals surface area (Å²) in [6.07, 6.45) is 8.68. The van der Waals surface area contributed by atoms with Crippen molar-refractivity contribution in [3.8, 4) is 0 Å². The average molecular weight is 352 g/mol. The molecule has 0 radical (unpaired) electrons. The van der Waals surface area contributed by atoms with E-state index < -0.39 is 0 Å². The van der Waals surface area contributed by atoms with Crippen molar-refractivity contribution >= 4 is 29.5 Å². The van der Waals surface area contributed by atoms with Crippen molar-refractivity contribution in [2.45, 2.75) is 50.3 Å². The second-order valence-corrected chi connectivity index (χ2v) is 8.05. The monoisotopic (exact) mass is 351 g/mol. The van der Waals surface area contributed by atoms with Crippen LogP contribution in [0.5, 0.6) is 0 Å². The largest absolute Gasteiger partial charge is 0.294 e. The van der Waals surface area contributed by atoms with Gasteiger partial charge in [0.05, 0.1) is 16.8 Å². The van der Waals surface area contributed by atoms with Crippen molar-refractivity contribution in [3.05, 3.63) is 29.3 Å². The summed E-state index contributed by atoms with van der Waals surface area (Å²) < 4.78 is 4.94. The van der Waals surface area contributed by atoms with E-state index in [0.717, 1.165) is 17.0 Å². The maximum Gasteiger partial charge on any atom is 0.234 e. The molecule has 1 fully saturated rings. The Kier molecular flexibility index (Phi) is 4.82. The summed E-state index contributed by atoms with van der Waals surface area (Å²) in [5.41, 5.74) is 1.30. The lowest BCUT2D eigenvalue weighted by atomic mass is 9.67. The highest BCUT2D eigenvalue weighted by atomic mass is 35.5. The number of anilines is 1. The van der Waals surface area contributed by atoms with E-state index >= 15 is 0 Å². The number of nitrogens with one attached hydrogen (secondary N) is 1. The Morgan fingerprint density at radius 1 is 1.35 bits per heavy atom. The van der Waals surface area contributed by atoms with Gasteiger partial charge < -0.3 is 0 Å². The van der Waals surface area contributed by atoms with Gasteiger partial charge in [0.2, 0.25) is 5.95 Å². The molecule has 7 heteroatoms. The summed E-state index contributed by atoms with van der Waals surface area (Å²) in [6, 6.07) is 1.92. The zero-order valence-corrected chi connectivity index (χ0v) is 15.3. The van der Waals surface area contributed by atoms with Gasteiger partial charge in [-0.3, -0.25) is 9.40 Å². The van der Waals surface area contributed by atoms with E-state index in [-0.39, 0.29) is 5.41 Å². The van der Waals surface area contributed by atoms with Crippen molar-refractivity contribution in [1.29, 1.82) is 0 Å². The molecule has 2 heterocycles. The van der Waals surface area contributed by atoms with Gasteiger partial charge in [-0.15, -0.1) is 0 Å². The van der Waals surface area contributed by atoms with Crippen LogP contribution in [0.3, 0.4) is 0 Å². The molecule has 1 unspecified atom stereocenters. The average Bonchev–Trinajstić information content (AvgIpc) is 2.90. The molecule has 124 valence electrons. The molecule has 1 atom stereocenters. The van der Waals surface area contributed by atoms with Gasteiger partial charge in [-0.25, -0.2) is 9.97 Å². The maximum atomic E-state index is 6.23. The van der Waals surface area contributed by atoms with Gasteiger partial charge in [0.1, 0.15) is 5.15 Å². The summed E-state index contributed by atoms with van der Waals surface area (Å²) in [7, 11) is 1.89. The Labute approximate surface area is 146 Å². The van der Waals surface area contributed by atoms with E-state index in [4.69, 9.17) is 16.6 Å². The third kappa shape index (κ3) is 3.98. The number of hydrogen-bond acceptors (Lipinski definition) is 5. The van der Waals surface area contributed by atoms with Crippen LogP contribution in [0, 0.1) is 5.41 Å². The van der Waals surface area contributed by atoms with Gasteiger partial charge >= 0.3 is 0 Å². The zero-order chi connectivity index (χ0) is 16.4. The lowest BCUT2D eigenvalue weighted by molar-refractivity contribution is 0.196. The molecule has 0 amide bonds. The first-order valence-electron chi connectivity index (χ1n) is 7.90. The highest BCUT2D eigenvalue weighted by Crippen LogP contribution is 2.46. The molecule has 5 nitrogen and oxygen atoms in total. The van der Waals surface area contributed by atoms with Crippen molar-refractivity contribution in [2.75, 3.05) is 4.72 Å². The van der Waals surface area contributed by atoms with Gasteiger partial charge in [0.25, 0.3) is 0 Å². The second kappa shape index (κ2) is 6.69. The first-order valence-corrected chi connectivity index (χ1v) is 9.09. The summed E-state index contributed by atoms with van der Waals surface area (Å²) in [5.74, 6) is 0.989. The maximum absolute atomic E-state index is 6.23. The predicted octanol–water partition coefficient (Wildman–Crippen LogP) is 4.67. The molecule has 2 aromatic rings. The minimum absolute atomic E-state index is 0.254. The SMILES string of the molecule is Cn1cc(SNc2nc(Cl)cc(C3CCCCC3(C)C)n2)cn1. The fourth-order valence-corrected chi connectivity index (χ4v) is 4.05. The minimum atomic E-state index is 0.254. The highest BCUT2D eigenvalue weighted by molar-refractivity contribution is 8.00. The third-order valence-electron chi connectivity index (χ3n) is 4.52. The smallest absolute Gasteiger partial charge is 0.234 e. The van der Waals surface area contributed by atoms with E-state index in [1.165, 1.54) is 31.2 Å². The minimum Gasteiger partial charge on any atom is -0.294 e. The van der Waals surface area contributed by atoms with E-state index in [1.807, 2.05) is 19.3 Å². The quantitative estimate of drug-likeness (QED) is 0.641. The third-order valence-corrected chi connectivity index (χ3v) is 5.45. The van der Waals surface area contributed by atoms with Gasteiger partial charge in [-0.05, 0) is 36.3 Å². The van der Waals surface area contributed by atoms with Gasteiger partial charge in [-0.1, -0.05) is 38.3 Å². The Hall–Kier alpha value is -1.27. The number of hydrogen-bond donors (Lipinski definition) is 1. The topological polar surface area (TPSA) is 55.6 Å². The van der Waals surface area contributed by atoms with Crippen LogP contribution in [0.2, 0.25) is 5.15 Å². The van der Waals surface area contributed by atoms with Crippen LogP contribution in [-0.4, -0.2) is 19.7 Å². The lowest BCUT2D eigenvalue weighted by Gasteiger charge is -2.38. The van der Waals surface area contributed by atoms with Crippen molar-refractivity contribution in [1.82, 2.24) is 19.7 Å². The molecule has 2 aromatic heterocycles. The standard InChI is InChI=1S/C16H22ClN5S/c1-16(2)7-5-4-6-12(16)13-8-14(17)20-15(19-13)21-23-11-9-18-22(3)10-11/h8-10,12H,4-7H2,1-3H3,(H,19,20,21). The van der Waals surface area contributed by atoms with E-state index in [1.54, 1.807) is 10.9 Å². The summed E-state index contributed by atoms with van der Waals surface area (Å²) in [5, 5.41) is 4.64. The van der Waals surface area contributed by atoms with Crippen LogP contribution in [0.15, 0.2) is 23.4 Å². The summed E-state index contributed by atoms with van der Waals surface area (Å²) >= 11 is 7.67. The zero-order valence-electron chi connectivity index (χ0n) is 13.7. The Bertz CT molecular complexity index is 685. The Morgan fingerprint density at radius 2 is 2.17 bits per heavy atom. The molecule has 0 saturated heterocycles. The van der Waals surface area contributed by atoms with Crippen molar-refractivity contribution < 1.29 is 0 Å². The van der Waals surface area contributed by atoms with Crippen LogP contribution >= 0.6 is 23.5 Å². The molecule has 0 spiro atoms. The molecule has 23 heavy (non-hydrogen) atoms. The van der Waals surface area contributed by atoms with E-state index in [9.17, 15) is 0 Å². The number of rotatable bonds is 4. The molecule has 1 aliphatic rings. The molecule has 1 N–H and O–H groups in total. The van der Waals surface area contributed by atoms with Crippen LogP contribution in [-0.2, 0) is 7.05 Å². The molecule has 1 aliphatic carbocycles. The van der Waals surface area contributed by atoms with Crippen molar-refractivity contribution in [3.63, 3.8) is 0 Å². The summed E-state index contributed by atoms with van der Waals surface area (Å²) in [4.78, 5) is 10.0. The Balaban J connectivity index is 1.78. The fraction of sp³-hybridized carbons (Fsp3) is 0.562. The Morgan fingerprint density at radius 3 is 2.87 bits per heavy atom. The summed E-state index contributed by atoms with van der Waals surface area (Å²) in [6.45, 7) is 4.65. The molecular weight excluding hydrogens is 330 g/mol. The highest BCUT2D eigenvalue weighted by Gasteiger charge is 2.34. The molecule has 3 rings (SSSR count). The van der Waals surface area contributed by atoms with Crippen LogP contribution < -0.4 is 4.72 Å². The number of aromatic nitrogens is 4. The molecule has 0 aliphatic heterocycles. The van der Waals surface area contributed by atoms with Crippen LogP contribution in [0.4, 0.5) is 5.95 Å². The predicted molar refractivity (Wildman–Crippen MR) is 94.7 cm³/mol. The fourth-order valence-electron chi connectivity index (χ4n) is 3.26. The van der Waals surface area contributed by atoms with E-state index in [2.05, 4.69) is 28.7 Å². The van der Waals surface area contributed by atoms with Crippen LogP contribution in [0.1, 0.15) is 51.1 Å². The second-order valence-electron chi connectivity index (χ2n) is 6.78. The normalized spacial score (nSPS) is 20.4. The molecule has 0 aromatic carbocycles. The van der Waals surface area contributed by atoms with Gasteiger partial charge in [0, 0.05) is 19.2 Å². The van der Waals surface area contributed by atoms with E-state index in [0.29, 0.717) is 17.0 Å². The molecule has 0 bridgehead atoms. The molecular formula is C16H22ClN5S.